The topological polar surface area (TPSA) is 45.5 Å². The molecule has 4 aliphatic rings. The minimum absolute atomic E-state index is 0.0711. The number of carbonyl (C=O) groups is 1. The maximum atomic E-state index is 12.0. The average molecular weight is 409 g/mol. The zero-order chi connectivity index (χ0) is 20.9. The van der Waals surface area contributed by atoms with E-state index in [-0.39, 0.29) is 5.91 Å². The van der Waals surface area contributed by atoms with Crippen molar-refractivity contribution in [2.45, 2.75) is 77.3 Å². The van der Waals surface area contributed by atoms with Gasteiger partial charge in [-0.1, -0.05) is 24.1 Å². The van der Waals surface area contributed by atoms with Crippen molar-refractivity contribution in [3.05, 3.63) is 47.7 Å². The monoisotopic (exact) mass is 408 g/mol. The van der Waals surface area contributed by atoms with E-state index in [9.17, 15) is 4.79 Å². The smallest absolute Gasteiger partial charge is 0.244 e. The molecule has 0 aromatic rings. The van der Waals surface area contributed by atoms with Gasteiger partial charge in [-0.15, -0.1) is 0 Å². The van der Waals surface area contributed by atoms with Crippen molar-refractivity contribution in [2.24, 2.45) is 5.92 Å². The van der Waals surface area contributed by atoms with Gasteiger partial charge in [0.1, 0.15) is 5.76 Å². The van der Waals surface area contributed by atoms with E-state index in [0.717, 1.165) is 30.1 Å². The number of likely N-dealkylation sites (tertiary alicyclic amines) is 1. The van der Waals surface area contributed by atoms with Crippen LogP contribution in [0.15, 0.2) is 46.6 Å². The fourth-order valence-electron chi connectivity index (χ4n) is 5.25. The van der Waals surface area contributed by atoms with Crippen molar-refractivity contribution >= 4 is 5.91 Å². The Morgan fingerprint density at radius 1 is 1.17 bits per heavy atom. The molecule has 1 N–H and O–H groups in total. The van der Waals surface area contributed by atoms with Crippen molar-refractivity contribution < 1.29 is 9.21 Å². The summed E-state index contributed by atoms with van der Waals surface area (Å²) in [7, 11) is 0. The van der Waals surface area contributed by atoms with Gasteiger partial charge in [-0.25, -0.2) is 0 Å². The lowest BCUT2D eigenvalue weighted by Crippen LogP contribution is -2.38. The first-order chi connectivity index (χ1) is 14.6. The predicted octanol–water partition coefficient (Wildman–Crippen LogP) is 5.94. The Bertz CT molecular complexity index is 827. The van der Waals surface area contributed by atoms with Gasteiger partial charge in [0.2, 0.25) is 5.91 Å². The lowest BCUT2D eigenvalue weighted by atomic mass is 9.83. The molecule has 2 aliphatic carbocycles. The number of hydrogen-bond donors (Lipinski definition) is 1. The van der Waals surface area contributed by atoms with Crippen LogP contribution in [-0.4, -0.2) is 29.9 Å². The SMILES string of the molecule is CC(C)=CC(=O)N[C@H]1CC[C@H](CCN2CCCCC2c2coc3cccc-3c2)CC1. The quantitative estimate of drug-likeness (QED) is 0.601. The maximum absolute atomic E-state index is 12.0. The number of fused-ring (bicyclic) bond motifs is 1. The number of hydrogen-bond acceptors (Lipinski definition) is 3. The largest absolute Gasteiger partial charge is 0.464 e. The second-order valence-electron chi connectivity index (χ2n) is 9.51. The van der Waals surface area contributed by atoms with E-state index in [1.54, 1.807) is 6.08 Å². The van der Waals surface area contributed by atoms with Crippen LogP contribution in [0.4, 0.5) is 0 Å². The summed E-state index contributed by atoms with van der Waals surface area (Å²) in [5.74, 6) is 1.84. The Balaban J connectivity index is 1.28. The zero-order valence-electron chi connectivity index (χ0n) is 18.5. The number of nitrogens with one attached hydrogen (secondary N) is 1. The highest BCUT2D eigenvalue weighted by molar-refractivity contribution is 5.88. The number of piperidine rings is 1. The van der Waals surface area contributed by atoms with Crippen molar-refractivity contribution in [2.75, 3.05) is 13.1 Å². The molecule has 2 fully saturated rings. The van der Waals surface area contributed by atoms with Crippen LogP contribution in [0, 0.1) is 5.92 Å². The van der Waals surface area contributed by atoms with Crippen LogP contribution in [-0.2, 0) is 4.79 Å². The fraction of sp³-hybridized carbons (Fsp3) is 0.577. The van der Waals surface area contributed by atoms with Crippen LogP contribution >= 0.6 is 0 Å². The van der Waals surface area contributed by atoms with Crippen molar-refractivity contribution in [1.82, 2.24) is 10.2 Å². The molecule has 2 aliphatic heterocycles. The standard InChI is InChI=1S/C26H36N2O2/c1-19(2)16-26(29)27-23-11-9-20(10-12-23)13-15-28-14-4-3-7-24(28)22-17-21-6-5-8-25(21)30-18-22/h5-6,8,16-18,20,23-24H,3-4,7,9-15H2,1-2H3,(H,27,29)/t20-,23-,24?. The molecule has 1 saturated heterocycles. The highest BCUT2D eigenvalue weighted by Crippen LogP contribution is 2.36. The normalized spacial score (nSPS) is 25.2. The maximum Gasteiger partial charge on any atom is 0.244 e. The van der Waals surface area contributed by atoms with Gasteiger partial charge in [-0.3, -0.25) is 9.69 Å². The van der Waals surface area contributed by atoms with E-state index in [1.165, 1.54) is 62.7 Å². The Kier molecular flexibility index (Phi) is 6.93. The summed E-state index contributed by atoms with van der Waals surface area (Å²) in [5, 5.41) is 3.18. The van der Waals surface area contributed by atoms with Crippen LogP contribution in [0.1, 0.15) is 76.8 Å². The Morgan fingerprint density at radius 2 is 2.00 bits per heavy atom. The second kappa shape index (κ2) is 9.82. The van der Waals surface area contributed by atoms with E-state index >= 15 is 0 Å². The van der Waals surface area contributed by atoms with Gasteiger partial charge in [0, 0.05) is 29.3 Å². The summed E-state index contributed by atoms with van der Waals surface area (Å²) in [6, 6.07) is 9.41. The first-order valence-corrected chi connectivity index (χ1v) is 11.7. The Hall–Kier alpha value is -2.07. The molecule has 1 amide bonds. The van der Waals surface area contributed by atoms with Gasteiger partial charge < -0.3 is 9.73 Å². The van der Waals surface area contributed by atoms with Gasteiger partial charge in [-0.05, 0) is 89.9 Å². The van der Waals surface area contributed by atoms with Crippen LogP contribution in [0.25, 0.3) is 11.3 Å². The molecule has 4 nitrogen and oxygen atoms in total. The molecule has 162 valence electrons. The van der Waals surface area contributed by atoms with Crippen LogP contribution in [0.3, 0.4) is 0 Å². The number of amides is 1. The minimum Gasteiger partial charge on any atom is -0.464 e. The van der Waals surface area contributed by atoms with Crippen LogP contribution in [0.5, 0.6) is 0 Å². The second-order valence-corrected chi connectivity index (χ2v) is 9.51. The highest BCUT2D eigenvalue weighted by atomic mass is 16.3. The predicted molar refractivity (Wildman–Crippen MR) is 121 cm³/mol. The molecule has 4 heteroatoms. The molecule has 0 bridgehead atoms. The van der Waals surface area contributed by atoms with Crippen molar-refractivity contribution in [1.29, 1.82) is 0 Å². The van der Waals surface area contributed by atoms with Crippen LogP contribution in [0.2, 0.25) is 0 Å². The van der Waals surface area contributed by atoms with E-state index in [1.807, 2.05) is 26.2 Å². The zero-order valence-corrected chi connectivity index (χ0v) is 18.5. The fourth-order valence-corrected chi connectivity index (χ4v) is 5.25. The lowest BCUT2D eigenvalue weighted by molar-refractivity contribution is -0.117. The summed E-state index contributed by atoms with van der Waals surface area (Å²) in [6.07, 6.45) is 13.5. The van der Waals surface area contributed by atoms with Gasteiger partial charge in [0.15, 0.2) is 0 Å². The number of rotatable bonds is 6. The number of allylic oxidation sites excluding steroid dienone is 1. The van der Waals surface area contributed by atoms with Gasteiger partial charge in [0.05, 0.1) is 6.26 Å². The average Bonchev–Trinajstić information content (AvgIpc) is 3.21. The molecular formula is C26H36N2O2. The van der Waals surface area contributed by atoms with Gasteiger partial charge >= 0.3 is 0 Å². The first kappa shape index (κ1) is 21.2. The first-order valence-electron chi connectivity index (χ1n) is 11.7. The van der Waals surface area contributed by atoms with E-state index in [4.69, 9.17) is 4.42 Å². The number of carbonyl (C=O) groups excluding carboxylic acids is 1. The third kappa shape index (κ3) is 5.34. The molecule has 0 spiro atoms. The molecule has 2 heterocycles. The van der Waals surface area contributed by atoms with Crippen molar-refractivity contribution in [3.63, 3.8) is 0 Å². The molecule has 0 aromatic heterocycles. The minimum atomic E-state index is 0.0711. The van der Waals surface area contributed by atoms with E-state index < -0.39 is 0 Å². The van der Waals surface area contributed by atoms with Crippen LogP contribution < -0.4 is 5.32 Å². The number of nitrogens with zero attached hydrogens (tertiary/aromatic N) is 1. The molecular weight excluding hydrogens is 372 g/mol. The third-order valence-electron chi connectivity index (χ3n) is 6.89. The molecule has 0 aromatic carbocycles. The molecule has 1 unspecified atom stereocenters. The summed E-state index contributed by atoms with van der Waals surface area (Å²) in [6.45, 7) is 6.30. The summed E-state index contributed by atoms with van der Waals surface area (Å²) >= 11 is 0. The van der Waals surface area contributed by atoms with Gasteiger partial charge in [0.25, 0.3) is 0 Å². The molecule has 1 atom stereocenters. The lowest BCUT2D eigenvalue weighted by Gasteiger charge is -2.37. The molecule has 4 rings (SSSR count). The molecule has 30 heavy (non-hydrogen) atoms. The molecule has 0 radical (unpaired) electrons. The van der Waals surface area contributed by atoms with Gasteiger partial charge in [-0.2, -0.15) is 0 Å². The highest BCUT2D eigenvalue weighted by Gasteiger charge is 2.27. The third-order valence-corrected chi connectivity index (χ3v) is 6.89. The molecule has 1 saturated carbocycles. The summed E-state index contributed by atoms with van der Waals surface area (Å²) in [4.78, 5) is 14.7. The summed E-state index contributed by atoms with van der Waals surface area (Å²) in [5.41, 5.74) is 3.60. The Labute approximate surface area is 181 Å². The van der Waals surface area contributed by atoms with Crippen molar-refractivity contribution in [3.8, 4) is 11.3 Å². The van der Waals surface area contributed by atoms with E-state index in [2.05, 4.69) is 28.4 Å². The summed E-state index contributed by atoms with van der Waals surface area (Å²) < 4.78 is 5.88. The Morgan fingerprint density at radius 3 is 2.80 bits per heavy atom. The van der Waals surface area contributed by atoms with E-state index in [0.29, 0.717) is 12.1 Å².